The lowest BCUT2D eigenvalue weighted by Gasteiger charge is -2.19. The lowest BCUT2D eigenvalue weighted by atomic mass is 10.0. The van der Waals surface area contributed by atoms with Gasteiger partial charge in [-0.15, -0.1) is 0 Å². The minimum absolute atomic E-state index is 0.0831. The lowest BCUT2D eigenvalue weighted by Crippen LogP contribution is -2.45. The Kier molecular flexibility index (Phi) is 47.9. The van der Waals surface area contributed by atoms with Crippen molar-refractivity contribution in [2.24, 2.45) is 0 Å². The molecule has 0 radical (unpaired) electrons. The van der Waals surface area contributed by atoms with Gasteiger partial charge in [-0.3, -0.25) is 4.79 Å². The fraction of sp³-hybridized carbons (Fsp3) is 0.661. The van der Waals surface area contributed by atoms with Crippen LogP contribution in [0.3, 0.4) is 0 Å². The van der Waals surface area contributed by atoms with Gasteiger partial charge in [0.1, 0.15) is 0 Å². The number of hydrogen-bond donors (Lipinski definition) is 3. The first kappa shape index (κ1) is 57.1. The highest BCUT2D eigenvalue weighted by molar-refractivity contribution is 5.76. The number of carbonyl (C=O) groups excluding carboxylic acids is 1. The molecule has 3 N–H and O–H groups in total. The van der Waals surface area contributed by atoms with E-state index in [1.54, 1.807) is 6.08 Å². The molecule has 0 aliphatic heterocycles. The highest BCUT2D eigenvalue weighted by atomic mass is 16.3. The smallest absolute Gasteiger partial charge is 0.220 e. The molecule has 4 nitrogen and oxygen atoms in total. The molecule has 0 saturated carbocycles. The van der Waals surface area contributed by atoms with Gasteiger partial charge >= 0.3 is 0 Å². The molecular weight excluding hydrogens is 735 g/mol. The Morgan fingerprint density at radius 1 is 0.433 bits per heavy atom. The molecular formula is C56H95NO3. The third-order valence-electron chi connectivity index (χ3n) is 10.8. The van der Waals surface area contributed by atoms with Crippen LogP contribution in [-0.4, -0.2) is 34.9 Å². The van der Waals surface area contributed by atoms with Crippen molar-refractivity contribution in [3.63, 3.8) is 0 Å². The first-order valence-electron chi connectivity index (χ1n) is 25.1. The van der Waals surface area contributed by atoms with Crippen molar-refractivity contribution in [3.8, 4) is 0 Å². The molecule has 0 saturated heterocycles. The van der Waals surface area contributed by atoms with Crippen molar-refractivity contribution in [3.05, 3.63) is 109 Å². The minimum atomic E-state index is -0.871. The number of unbranched alkanes of at least 4 members (excludes halogenated alkanes) is 22. The van der Waals surface area contributed by atoms with E-state index in [-0.39, 0.29) is 12.5 Å². The van der Waals surface area contributed by atoms with Crippen molar-refractivity contribution in [1.82, 2.24) is 5.32 Å². The van der Waals surface area contributed by atoms with Crippen LogP contribution in [0, 0.1) is 0 Å². The monoisotopic (exact) mass is 830 g/mol. The summed E-state index contributed by atoms with van der Waals surface area (Å²) in [7, 11) is 0. The molecule has 342 valence electrons. The van der Waals surface area contributed by atoms with Gasteiger partial charge in [-0.25, -0.2) is 0 Å². The van der Waals surface area contributed by atoms with Gasteiger partial charge in [-0.1, -0.05) is 232 Å². The quantitative estimate of drug-likeness (QED) is 0.0423. The Morgan fingerprint density at radius 2 is 0.767 bits per heavy atom. The number of hydrogen-bond acceptors (Lipinski definition) is 3. The summed E-state index contributed by atoms with van der Waals surface area (Å²) >= 11 is 0. The molecule has 2 atom stereocenters. The molecule has 0 aromatic carbocycles. The Hall–Kier alpha value is -2.95. The van der Waals surface area contributed by atoms with Crippen LogP contribution in [0.2, 0.25) is 0 Å². The van der Waals surface area contributed by atoms with Crippen LogP contribution in [0.25, 0.3) is 0 Å². The third-order valence-corrected chi connectivity index (χ3v) is 10.8. The van der Waals surface area contributed by atoms with E-state index in [9.17, 15) is 15.0 Å². The molecule has 0 aliphatic carbocycles. The summed E-state index contributed by atoms with van der Waals surface area (Å²) in [5.74, 6) is -0.0831. The van der Waals surface area contributed by atoms with Crippen LogP contribution in [0.15, 0.2) is 109 Å². The number of aliphatic hydroxyl groups is 2. The molecule has 60 heavy (non-hydrogen) atoms. The average molecular weight is 830 g/mol. The molecule has 0 fully saturated rings. The van der Waals surface area contributed by atoms with E-state index in [0.29, 0.717) is 6.42 Å². The van der Waals surface area contributed by atoms with Gasteiger partial charge in [-0.05, 0) is 90.4 Å². The second-order valence-electron chi connectivity index (χ2n) is 16.5. The molecule has 2 unspecified atom stereocenters. The van der Waals surface area contributed by atoms with E-state index >= 15 is 0 Å². The minimum Gasteiger partial charge on any atom is -0.394 e. The Bertz CT molecular complexity index is 1170. The SMILES string of the molecule is C/C=C/CC/C=C/CC/C=C/C(O)C(CO)NC(=O)CCCCCCCCCCCCCCCCCCCCCC/C=C\C/C=C\C/C=C\C/C=C\C/C=C\C/C=C\CC. The third kappa shape index (κ3) is 46.1. The first-order chi connectivity index (χ1) is 29.7. The average Bonchev–Trinajstić information content (AvgIpc) is 3.25. The van der Waals surface area contributed by atoms with Gasteiger partial charge in [0.2, 0.25) is 5.91 Å². The number of allylic oxidation sites excluding steroid dienone is 17. The van der Waals surface area contributed by atoms with Crippen LogP contribution >= 0.6 is 0 Å². The van der Waals surface area contributed by atoms with E-state index in [4.69, 9.17) is 0 Å². The van der Waals surface area contributed by atoms with E-state index in [2.05, 4.69) is 109 Å². The van der Waals surface area contributed by atoms with Gasteiger partial charge in [0.15, 0.2) is 0 Å². The Morgan fingerprint density at radius 3 is 1.17 bits per heavy atom. The summed E-state index contributed by atoms with van der Waals surface area (Å²) in [5.41, 5.74) is 0. The summed E-state index contributed by atoms with van der Waals surface area (Å²) in [5, 5.41) is 22.8. The number of rotatable bonds is 44. The molecule has 0 spiro atoms. The number of aliphatic hydroxyl groups excluding tert-OH is 2. The molecule has 0 bridgehead atoms. The predicted octanol–water partition coefficient (Wildman–Crippen LogP) is 16.4. The first-order valence-corrected chi connectivity index (χ1v) is 25.1. The standard InChI is InChI=1S/C56H95NO3/c1-3-5-7-9-11-13-14-15-16-17-18-19-20-21-22-23-24-25-26-27-28-29-30-31-32-33-34-35-36-37-38-39-40-41-42-44-46-48-50-52-56(60)57-54(53-58)55(59)51-49-47-45-43-12-10-8-6-4-2/h4-7,11-13,15-16,18-19,21-22,24-25,43,49,51,54-55,58-59H,3,8-10,14,17,20,23,26-42,44-48,50,52-53H2,1-2H3,(H,57,60)/b6-4+,7-5-,13-11-,16-15-,19-18-,22-21-,25-24-,43-12+,51-49+. The van der Waals surface area contributed by atoms with Crippen LogP contribution < -0.4 is 5.32 Å². The molecule has 0 rings (SSSR count). The largest absolute Gasteiger partial charge is 0.394 e. The van der Waals surface area contributed by atoms with Crippen molar-refractivity contribution < 1.29 is 15.0 Å². The molecule has 1 amide bonds. The Balaban J connectivity index is 3.45. The summed E-state index contributed by atoms with van der Waals surface area (Å²) < 4.78 is 0. The second-order valence-corrected chi connectivity index (χ2v) is 16.5. The molecule has 0 aliphatic rings. The van der Waals surface area contributed by atoms with E-state index < -0.39 is 12.1 Å². The summed E-state index contributed by atoms with van der Waals surface area (Å²) in [6.07, 6.45) is 76.9. The highest BCUT2D eigenvalue weighted by Crippen LogP contribution is 2.16. The zero-order valence-electron chi connectivity index (χ0n) is 39.2. The molecule has 0 aromatic rings. The zero-order chi connectivity index (χ0) is 43.5. The van der Waals surface area contributed by atoms with Gasteiger partial charge in [0, 0.05) is 6.42 Å². The van der Waals surface area contributed by atoms with E-state index in [1.807, 2.05) is 13.0 Å². The maximum atomic E-state index is 12.4. The number of carbonyl (C=O) groups is 1. The van der Waals surface area contributed by atoms with Gasteiger partial charge in [0.25, 0.3) is 0 Å². The normalized spacial score (nSPS) is 13.9. The summed E-state index contributed by atoms with van der Waals surface area (Å²) in [6, 6.07) is -0.646. The highest BCUT2D eigenvalue weighted by Gasteiger charge is 2.17. The predicted molar refractivity (Wildman–Crippen MR) is 266 cm³/mol. The maximum absolute atomic E-state index is 12.4. The van der Waals surface area contributed by atoms with Gasteiger partial charge < -0.3 is 15.5 Å². The Labute approximate surface area is 372 Å². The van der Waals surface area contributed by atoms with E-state index in [1.165, 1.54) is 122 Å². The fourth-order valence-corrected chi connectivity index (χ4v) is 7.04. The number of amides is 1. The van der Waals surface area contributed by atoms with Gasteiger partial charge in [-0.2, -0.15) is 0 Å². The molecule has 0 heterocycles. The fourth-order valence-electron chi connectivity index (χ4n) is 7.04. The van der Waals surface area contributed by atoms with Crippen molar-refractivity contribution in [2.75, 3.05) is 6.61 Å². The molecule has 4 heteroatoms. The van der Waals surface area contributed by atoms with Crippen LogP contribution in [0.4, 0.5) is 0 Å². The number of nitrogens with one attached hydrogen (secondary N) is 1. The van der Waals surface area contributed by atoms with Crippen molar-refractivity contribution in [1.29, 1.82) is 0 Å². The van der Waals surface area contributed by atoms with Crippen LogP contribution in [0.5, 0.6) is 0 Å². The van der Waals surface area contributed by atoms with Crippen LogP contribution in [-0.2, 0) is 4.79 Å². The van der Waals surface area contributed by atoms with Crippen molar-refractivity contribution in [2.45, 2.75) is 231 Å². The summed E-state index contributed by atoms with van der Waals surface area (Å²) in [4.78, 5) is 12.4. The van der Waals surface area contributed by atoms with Gasteiger partial charge in [0.05, 0.1) is 18.8 Å². The van der Waals surface area contributed by atoms with Crippen LogP contribution in [0.1, 0.15) is 219 Å². The summed E-state index contributed by atoms with van der Waals surface area (Å²) in [6.45, 7) is 3.94. The topological polar surface area (TPSA) is 69.6 Å². The maximum Gasteiger partial charge on any atom is 0.220 e. The van der Waals surface area contributed by atoms with Crippen molar-refractivity contribution >= 4 is 5.91 Å². The second kappa shape index (κ2) is 50.4. The molecule has 0 aromatic heterocycles. The zero-order valence-corrected chi connectivity index (χ0v) is 39.2. The lowest BCUT2D eigenvalue weighted by molar-refractivity contribution is -0.123. The van der Waals surface area contributed by atoms with E-state index in [0.717, 1.165) is 77.0 Å².